The number of carboxylic acid groups (broad SMARTS) is 1. The lowest BCUT2D eigenvalue weighted by molar-refractivity contribution is -0.143. The van der Waals surface area contributed by atoms with Crippen molar-refractivity contribution in [2.24, 2.45) is 5.92 Å². The molecule has 0 bridgehead atoms. The maximum absolute atomic E-state index is 10.8. The molecule has 1 rings (SSSR count). The van der Waals surface area contributed by atoms with Gasteiger partial charge in [0.15, 0.2) is 0 Å². The Bertz CT molecular complexity index is 180. The molecule has 1 N–H and O–H groups in total. The average molecular weight is 203 g/mol. The van der Waals surface area contributed by atoms with Crippen LogP contribution in [0.4, 0.5) is 0 Å². The largest absolute Gasteiger partial charge is 0.481 e. The Hall–Kier alpha value is -0.220. The van der Waals surface area contributed by atoms with Crippen LogP contribution < -0.4 is 0 Å². The predicted molar refractivity (Wildman–Crippen MR) is 55.2 cm³/mol. The van der Waals surface area contributed by atoms with Gasteiger partial charge in [0.05, 0.1) is 5.92 Å². The quantitative estimate of drug-likeness (QED) is 0.747. The summed E-state index contributed by atoms with van der Waals surface area (Å²) in [5.74, 6) is 1.32. The summed E-state index contributed by atoms with van der Waals surface area (Å²) >= 11 is 1.95. The molecule has 0 spiro atoms. The van der Waals surface area contributed by atoms with Crippen LogP contribution in [0.15, 0.2) is 0 Å². The molecule has 1 fully saturated rings. The number of nitrogens with zero attached hydrogens (tertiary/aromatic N) is 1. The summed E-state index contributed by atoms with van der Waals surface area (Å²) in [6.45, 7) is 5.86. The number of thioether (sulfide) groups is 1. The second kappa shape index (κ2) is 4.86. The van der Waals surface area contributed by atoms with Crippen molar-refractivity contribution in [2.75, 3.05) is 24.6 Å². The van der Waals surface area contributed by atoms with Gasteiger partial charge in [-0.3, -0.25) is 9.69 Å². The zero-order valence-corrected chi connectivity index (χ0v) is 9.01. The summed E-state index contributed by atoms with van der Waals surface area (Å²) in [6.07, 6.45) is 0. The summed E-state index contributed by atoms with van der Waals surface area (Å²) < 4.78 is 0. The first-order valence-corrected chi connectivity index (χ1v) is 5.83. The van der Waals surface area contributed by atoms with E-state index in [1.807, 2.05) is 18.7 Å². The van der Waals surface area contributed by atoms with E-state index in [1.54, 1.807) is 6.92 Å². The number of hydrogen-bond acceptors (Lipinski definition) is 3. The Morgan fingerprint density at radius 3 is 2.38 bits per heavy atom. The molecule has 2 atom stereocenters. The highest BCUT2D eigenvalue weighted by Crippen LogP contribution is 2.16. The van der Waals surface area contributed by atoms with E-state index >= 15 is 0 Å². The van der Waals surface area contributed by atoms with Crippen molar-refractivity contribution in [3.63, 3.8) is 0 Å². The Balaban J connectivity index is 2.44. The third-order valence-corrected chi connectivity index (χ3v) is 3.68. The SMILES string of the molecule is CC(C(=O)O)C(C)N1CCSCC1. The van der Waals surface area contributed by atoms with Crippen molar-refractivity contribution in [1.82, 2.24) is 4.90 Å². The first kappa shape index (κ1) is 10.9. The van der Waals surface area contributed by atoms with Crippen LogP contribution in [0, 0.1) is 5.92 Å². The molecule has 2 unspecified atom stereocenters. The zero-order valence-electron chi connectivity index (χ0n) is 8.19. The van der Waals surface area contributed by atoms with Crippen LogP contribution in [-0.2, 0) is 4.79 Å². The van der Waals surface area contributed by atoms with E-state index in [-0.39, 0.29) is 12.0 Å². The lowest BCUT2D eigenvalue weighted by atomic mass is 10.0. The summed E-state index contributed by atoms with van der Waals surface area (Å²) in [7, 11) is 0. The molecule has 0 radical (unpaired) electrons. The molecule has 4 heteroatoms. The third kappa shape index (κ3) is 2.88. The van der Waals surface area contributed by atoms with Crippen molar-refractivity contribution < 1.29 is 9.90 Å². The van der Waals surface area contributed by atoms with Crippen molar-refractivity contribution >= 4 is 17.7 Å². The van der Waals surface area contributed by atoms with E-state index in [1.165, 1.54) is 0 Å². The van der Waals surface area contributed by atoms with Crippen LogP contribution in [0.2, 0.25) is 0 Å². The van der Waals surface area contributed by atoms with E-state index in [0.717, 1.165) is 24.6 Å². The number of rotatable bonds is 3. The summed E-state index contributed by atoms with van der Waals surface area (Å²) in [4.78, 5) is 13.0. The monoisotopic (exact) mass is 203 g/mol. The maximum atomic E-state index is 10.8. The molecule has 1 saturated heterocycles. The standard InChI is InChI=1S/C9H17NO2S/c1-7(9(11)12)8(2)10-3-5-13-6-4-10/h7-8H,3-6H2,1-2H3,(H,11,12). The summed E-state index contributed by atoms with van der Waals surface area (Å²) in [6, 6.07) is 0.165. The van der Waals surface area contributed by atoms with Gasteiger partial charge in [-0.25, -0.2) is 0 Å². The number of aliphatic carboxylic acids is 1. The number of carboxylic acids is 1. The zero-order chi connectivity index (χ0) is 9.84. The van der Waals surface area contributed by atoms with Gasteiger partial charge < -0.3 is 5.11 Å². The number of carbonyl (C=O) groups is 1. The molecule has 1 heterocycles. The van der Waals surface area contributed by atoms with Crippen LogP contribution in [-0.4, -0.2) is 46.6 Å². The molecule has 0 aromatic heterocycles. The van der Waals surface area contributed by atoms with Gasteiger partial charge in [0.2, 0.25) is 0 Å². The first-order chi connectivity index (χ1) is 6.13. The van der Waals surface area contributed by atoms with E-state index in [4.69, 9.17) is 5.11 Å². The van der Waals surface area contributed by atoms with Crippen molar-refractivity contribution in [3.8, 4) is 0 Å². The van der Waals surface area contributed by atoms with Gasteiger partial charge in [0.25, 0.3) is 0 Å². The Morgan fingerprint density at radius 1 is 1.38 bits per heavy atom. The predicted octanol–water partition coefficient (Wildman–Crippen LogP) is 1.14. The Labute approximate surface area is 83.5 Å². The summed E-state index contributed by atoms with van der Waals surface area (Å²) in [5.41, 5.74) is 0. The van der Waals surface area contributed by atoms with Gasteiger partial charge in [0.1, 0.15) is 0 Å². The Morgan fingerprint density at radius 2 is 1.92 bits per heavy atom. The van der Waals surface area contributed by atoms with Crippen LogP contribution in [0.25, 0.3) is 0 Å². The van der Waals surface area contributed by atoms with E-state index in [9.17, 15) is 4.79 Å². The van der Waals surface area contributed by atoms with Crippen molar-refractivity contribution in [1.29, 1.82) is 0 Å². The summed E-state index contributed by atoms with van der Waals surface area (Å²) in [5, 5.41) is 8.85. The van der Waals surface area contributed by atoms with E-state index in [0.29, 0.717) is 0 Å². The molecule has 0 saturated carbocycles. The lowest BCUT2D eigenvalue weighted by Gasteiger charge is -2.33. The molecule has 1 aliphatic heterocycles. The van der Waals surface area contributed by atoms with Crippen LogP contribution >= 0.6 is 11.8 Å². The lowest BCUT2D eigenvalue weighted by Crippen LogP contribution is -2.44. The van der Waals surface area contributed by atoms with Gasteiger partial charge in [-0.05, 0) is 6.92 Å². The maximum Gasteiger partial charge on any atom is 0.307 e. The molecule has 0 aromatic rings. The highest BCUT2D eigenvalue weighted by Gasteiger charge is 2.25. The topological polar surface area (TPSA) is 40.5 Å². The smallest absolute Gasteiger partial charge is 0.307 e. The van der Waals surface area contributed by atoms with Gasteiger partial charge in [-0.15, -0.1) is 0 Å². The molecular formula is C9H17NO2S. The minimum absolute atomic E-state index is 0.165. The highest BCUT2D eigenvalue weighted by atomic mass is 32.2. The second-order valence-corrected chi connectivity index (χ2v) is 4.74. The minimum Gasteiger partial charge on any atom is -0.481 e. The van der Waals surface area contributed by atoms with Crippen LogP contribution in [0.5, 0.6) is 0 Å². The fraction of sp³-hybridized carbons (Fsp3) is 0.889. The van der Waals surface area contributed by atoms with Crippen molar-refractivity contribution in [2.45, 2.75) is 19.9 Å². The molecule has 0 aliphatic carbocycles. The van der Waals surface area contributed by atoms with E-state index in [2.05, 4.69) is 4.90 Å². The van der Waals surface area contributed by atoms with Gasteiger partial charge in [0, 0.05) is 30.6 Å². The van der Waals surface area contributed by atoms with Crippen LogP contribution in [0.1, 0.15) is 13.8 Å². The molecule has 3 nitrogen and oxygen atoms in total. The van der Waals surface area contributed by atoms with Gasteiger partial charge in [-0.2, -0.15) is 11.8 Å². The van der Waals surface area contributed by atoms with Crippen LogP contribution in [0.3, 0.4) is 0 Å². The number of hydrogen-bond donors (Lipinski definition) is 1. The molecule has 76 valence electrons. The molecular weight excluding hydrogens is 186 g/mol. The molecule has 1 aliphatic rings. The van der Waals surface area contributed by atoms with E-state index < -0.39 is 5.97 Å². The molecule has 0 amide bonds. The molecule has 0 aromatic carbocycles. The normalized spacial score (nSPS) is 23.8. The Kier molecular flexibility index (Phi) is 4.06. The fourth-order valence-electron chi connectivity index (χ4n) is 1.51. The second-order valence-electron chi connectivity index (χ2n) is 3.52. The molecule has 13 heavy (non-hydrogen) atoms. The van der Waals surface area contributed by atoms with Gasteiger partial charge >= 0.3 is 5.97 Å². The third-order valence-electron chi connectivity index (χ3n) is 2.73. The first-order valence-electron chi connectivity index (χ1n) is 4.67. The highest BCUT2D eigenvalue weighted by molar-refractivity contribution is 7.99. The fourth-order valence-corrected chi connectivity index (χ4v) is 2.44. The minimum atomic E-state index is -0.689. The van der Waals surface area contributed by atoms with Crippen molar-refractivity contribution in [3.05, 3.63) is 0 Å². The average Bonchev–Trinajstić information content (AvgIpc) is 2.17. The van der Waals surface area contributed by atoms with Gasteiger partial charge in [-0.1, -0.05) is 6.92 Å².